The fourth-order valence-corrected chi connectivity index (χ4v) is 2.73. The number of rotatable bonds is 15. The van der Waals surface area contributed by atoms with Crippen LogP contribution in [-0.4, -0.2) is 0 Å². The molecule has 19 heavy (non-hydrogen) atoms. The molecule has 0 aliphatic rings. The summed E-state index contributed by atoms with van der Waals surface area (Å²) in [5.41, 5.74) is 0. The van der Waals surface area contributed by atoms with Gasteiger partial charge in [-0.05, 0) is 18.8 Å². The monoisotopic (exact) mass is 266 g/mol. The molecule has 1 atom stereocenters. The first-order valence-corrected chi connectivity index (χ1v) is 8.92. The van der Waals surface area contributed by atoms with E-state index in [2.05, 4.69) is 20.4 Å². The van der Waals surface area contributed by atoms with Gasteiger partial charge >= 0.3 is 0 Å². The highest BCUT2D eigenvalue weighted by Gasteiger charge is 2.01. The van der Waals surface area contributed by atoms with Gasteiger partial charge in [-0.25, -0.2) is 0 Å². The maximum Gasteiger partial charge on any atom is -0.0353 e. The van der Waals surface area contributed by atoms with Gasteiger partial charge in [0.15, 0.2) is 0 Å². The Hall–Kier alpha value is -0.260. The third-order valence-corrected chi connectivity index (χ3v) is 4.16. The smallest absolute Gasteiger partial charge is 0.0353 e. The molecule has 0 aliphatic heterocycles. The molecule has 0 aromatic rings. The van der Waals surface area contributed by atoms with E-state index >= 15 is 0 Å². The minimum absolute atomic E-state index is 0.961. The molecule has 114 valence electrons. The summed E-state index contributed by atoms with van der Waals surface area (Å²) in [4.78, 5) is 0. The zero-order valence-corrected chi connectivity index (χ0v) is 13.8. The maximum atomic E-state index is 3.77. The van der Waals surface area contributed by atoms with Crippen LogP contribution < -0.4 is 0 Å². The van der Waals surface area contributed by atoms with Gasteiger partial charge in [-0.2, -0.15) is 0 Å². The Balaban J connectivity index is 3.11. The summed E-state index contributed by atoms with van der Waals surface area (Å²) in [7, 11) is 0. The molecule has 0 N–H and O–H groups in total. The molecule has 0 nitrogen and oxygen atoms in total. The van der Waals surface area contributed by atoms with Crippen molar-refractivity contribution in [3.8, 4) is 0 Å². The fourth-order valence-electron chi connectivity index (χ4n) is 2.73. The highest BCUT2D eigenvalue weighted by molar-refractivity contribution is 4.65. The lowest BCUT2D eigenvalue weighted by atomic mass is 9.96. The number of unbranched alkanes of at least 4 members (excludes halogenated alkanes) is 10. The first-order chi connectivity index (χ1) is 9.31. The van der Waals surface area contributed by atoms with Crippen molar-refractivity contribution in [2.45, 2.75) is 104 Å². The number of allylic oxidation sites excluding steroid dienone is 1. The lowest BCUT2D eigenvalue weighted by molar-refractivity contribution is 0.432. The van der Waals surface area contributed by atoms with E-state index < -0.39 is 0 Å². The zero-order valence-electron chi connectivity index (χ0n) is 13.8. The van der Waals surface area contributed by atoms with Crippen molar-refractivity contribution in [3.05, 3.63) is 12.7 Å². The summed E-state index contributed by atoms with van der Waals surface area (Å²) in [5, 5.41) is 0. The average Bonchev–Trinajstić information content (AvgIpc) is 2.41. The molecule has 0 spiro atoms. The van der Waals surface area contributed by atoms with Crippen LogP contribution in [0.4, 0.5) is 0 Å². The van der Waals surface area contributed by atoms with Gasteiger partial charge in [-0.15, -0.1) is 6.58 Å². The average molecular weight is 267 g/mol. The highest BCUT2D eigenvalue weighted by Crippen LogP contribution is 2.18. The van der Waals surface area contributed by atoms with Gasteiger partial charge in [-0.1, -0.05) is 97.0 Å². The Labute approximate surface area is 123 Å². The molecule has 0 aromatic carbocycles. The zero-order chi connectivity index (χ0) is 14.2. The van der Waals surface area contributed by atoms with Crippen LogP contribution in [0.2, 0.25) is 0 Å². The van der Waals surface area contributed by atoms with Gasteiger partial charge in [-0.3, -0.25) is 0 Å². The molecule has 0 amide bonds. The van der Waals surface area contributed by atoms with E-state index in [0.29, 0.717) is 0 Å². The Morgan fingerprint density at radius 3 is 1.74 bits per heavy atom. The van der Waals surface area contributed by atoms with Gasteiger partial charge < -0.3 is 0 Å². The fraction of sp³-hybridized carbons (Fsp3) is 0.895. The van der Waals surface area contributed by atoms with Crippen molar-refractivity contribution in [2.75, 3.05) is 0 Å². The lowest BCUT2D eigenvalue weighted by Crippen LogP contribution is -1.95. The van der Waals surface area contributed by atoms with Crippen LogP contribution in [0.3, 0.4) is 0 Å². The summed E-state index contributed by atoms with van der Waals surface area (Å²) in [6.45, 7) is 8.51. The molecule has 0 rings (SSSR count). The van der Waals surface area contributed by atoms with Crippen molar-refractivity contribution >= 4 is 0 Å². The van der Waals surface area contributed by atoms with E-state index in [1.54, 1.807) is 0 Å². The second-order valence-corrected chi connectivity index (χ2v) is 6.30. The van der Waals surface area contributed by atoms with Gasteiger partial charge in [0.2, 0.25) is 0 Å². The maximum absolute atomic E-state index is 3.77. The minimum atomic E-state index is 0.961. The molecular formula is C19H38. The van der Waals surface area contributed by atoms with E-state index in [1.807, 2.05) is 6.08 Å². The second-order valence-electron chi connectivity index (χ2n) is 6.30. The molecule has 0 heteroatoms. The first kappa shape index (κ1) is 18.7. The Morgan fingerprint density at radius 2 is 1.21 bits per heavy atom. The van der Waals surface area contributed by atoms with Gasteiger partial charge in [0.05, 0.1) is 0 Å². The predicted molar refractivity (Wildman–Crippen MR) is 89.7 cm³/mol. The van der Waals surface area contributed by atoms with E-state index in [4.69, 9.17) is 0 Å². The molecule has 0 aliphatic carbocycles. The van der Waals surface area contributed by atoms with E-state index in [9.17, 15) is 0 Å². The SMILES string of the molecule is C=CCCCCCCCCC(C)CCCCCCC. The summed E-state index contributed by atoms with van der Waals surface area (Å²) in [6.07, 6.45) is 21.9. The van der Waals surface area contributed by atoms with Crippen LogP contribution in [0.15, 0.2) is 12.7 Å². The molecule has 0 saturated carbocycles. The van der Waals surface area contributed by atoms with Crippen molar-refractivity contribution in [1.29, 1.82) is 0 Å². The molecule has 0 radical (unpaired) electrons. The first-order valence-electron chi connectivity index (χ1n) is 8.92. The number of hydrogen-bond acceptors (Lipinski definition) is 0. The summed E-state index contributed by atoms with van der Waals surface area (Å²) < 4.78 is 0. The van der Waals surface area contributed by atoms with Crippen LogP contribution >= 0.6 is 0 Å². The third kappa shape index (κ3) is 15.7. The van der Waals surface area contributed by atoms with Crippen LogP contribution in [-0.2, 0) is 0 Å². The van der Waals surface area contributed by atoms with E-state index in [0.717, 1.165) is 5.92 Å². The molecule has 0 heterocycles. The molecule has 1 unspecified atom stereocenters. The van der Waals surface area contributed by atoms with Crippen molar-refractivity contribution in [2.24, 2.45) is 5.92 Å². The van der Waals surface area contributed by atoms with Crippen molar-refractivity contribution in [1.82, 2.24) is 0 Å². The standard InChI is InChI=1S/C19H38/c1-4-6-8-10-11-12-14-16-18-19(3)17-15-13-9-7-5-2/h4,19H,1,5-18H2,2-3H3. The normalized spacial score (nSPS) is 12.5. The van der Waals surface area contributed by atoms with Crippen LogP contribution in [0, 0.1) is 5.92 Å². The quantitative estimate of drug-likeness (QED) is 0.216. The van der Waals surface area contributed by atoms with Gasteiger partial charge in [0, 0.05) is 0 Å². The third-order valence-electron chi connectivity index (χ3n) is 4.16. The van der Waals surface area contributed by atoms with Crippen LogP contribution in [0.5, 0.6) is 0 Å². The summed E-state index contributed by atoms with van der Waals surface area (Å²) >= 11 is 0. The molecule has 0 fully saturated rings. The topological polar surface area (TPSA) is 0 Å². The van der Waals surface area contributed by atoms with E-state index in [1.165, 1.54) is 89.9 Å². The summed E-state index contributed by atoms with van der Waals surface area (Å²) in [6, 6.07) is 0. The second kappa shape index (κ2) is 15.8. The van der Waals surface area contributed by atoms with Crippen molar-refractivity contribution < 1.29 is 0 Å². The van der Waals surface area contributed by atoms with Crippen molar-refractivity contribution in [3.63, 3.8) is 0 Å². The number of hydrogen-bond donors (Lipinski definition) is 0. The molecular weight excluding hydrogens is 228 g/mol. The highest BCUT2D eigenvalue weighted by atomic mass is 14.1. The van der Waals surface area contributed by atoms with Crippen LogP contribution in [0.25, 0.3) is 0 Å². The largest absolute Gasteiger partial charge is 0.103 e. The Kier molecular flexibility index (Phi) is 15.6. The summed E-state index contributed by atoms with van der Waals surface area (Å²) in [5.74, 6) is 0.961. The lowest BCUT2D eigenvalue weighted by Gasteiger charge is -2.10. The molecule has 0 saturated heterocycles. The van der Waals surface area contributed by atoms with Crippen LogP contribution in [0.1, 0.15) is 104 Å². The Morgan fingerprint density at radius 1 is 0.737 bits per heavy atom. The molecule has 0 bridgehead atoms. The Bertz CT molecular complexity index is 171. The van der Waals surface area contributed by atoms with E-state index in [-0.39, 0.29) is 0 Å². The van der Waals surface area contributed by atoms with Gasteiger partial charge in [0.1, 0.15) is 0 Å². The predicted octanol–water partition coefficient (Wildman–Crippen LogP) is 7.29. The molecule has 0 aromatic heterocycles. The van der Waals surface area contributed by atoms with Gasteiger partial charge in [0.25, 0.3) is 0 Å². The minimum Gasteiger partial charge on any atom is -0.103 e.